The highest BCUT2D eigenvalue weighted by Crippen LogP contribution is 2.22. The quantitative estimate of drug-likeness (QED) is 0.819. The van der Waals surface area contributed by atoms with Crippen molar-refractivity contribution >= 4 is 29.1 Å². The van der Waals surface area contributed by atoms with Crippen LogP contribution in [-0.2, 0) is 20.9 Å². The molecule has 3 rings (SSSR count). The van der Waals surface area contributed by atoms with Crippen LogP contribution in [0.15, 0.2) is 47.1 Å². The molecule has 0 radical (unpaired) electrons. The van der Waals surface area contributed by atoms with Crippen LogP contribution >= 0.6 is 0 Å². The van der Waals surface area contributed by atoms with E-state index in [2.05, 4.69) is 10.6 Å². The summed E-state index contributed by atoms with van der Waals surface area (Å²) in [5.74, 6) is -0.111. The molecule has 142 valence electrons. The molecule has 1 aliphatic heterocycles. The third-order valence-corrected chi connectivity index (χ3v) is 4.46. The number of carbonyl (C=O) groups excluding carboxylic acids is 3. The molecule has 2 N–H and O–H groups in total. The van der Waals surface area contributed by atoms with Gasteiger partial charge in [-0.2, -0.15) is 0 Å². The third-order valence-electron chi connectivity index (χ3n) is 4.46. The smallest absolute Gasteiger partial charge is 0.229 e. The van der Waals surface area contributed by atoms with Crippen molar-refractivity contribution in [2.45, 2.75) is 26.8 Å². The van der Waals surface area contributed by atoms with Crippen molar-refractivity contribution in [3.63, 3.8) is 0 Å². The highest BCUT2D eigenvalue weighted by molar-refractivity contribution is 5.97. The summed E-state index contributed by atoms with van der Waals surface area (Å²) in [4.78, 5) is 37.9. The molecule has 1 aliphatic rings. The van der Waals surface area contributed by atoms with Crippen molar-refractivity contribution in [1.82, 2.24) is 4.90 Å². The molecule has 7 nitrogen and oxygen atoms in total. The van der Waals surface area contributed by atoms with E-state index in [1.165, 1.54) is 0 Å². The van der Waals surface area contributed by atoms with Gasteiger partial charge in [-0.3, -0.25) is 14.4 Å². The van der Waals surface area contributed by atoms with Crippen LogP contribution in [0.25, 0.3) is 0 Å². The number of rotatable bonds is 6. The Labute approximate surface area is 157 Å². The topological polar surface area (TPSA) is 91.7 Å². The second-order valence-corrected chi connectivity index (χ2v) is 6.97. The summed E-state index contributed by atoms with van der Waals surface area (Å²) in [6, 6.07) is 10.5. The summed E-state index contributed by atoms with van der Waals surface area (Å²) >= 11 is 0. The van der Waals surface area contributed by atoms with Crippen molar-refractivity contribution in [1.29, 1.82) is 0 Å². The van der Waals surface area contributed by atoms with Gasteiger partial charge in [0, 0.05) is 30.3 Å². The molecule has 27 heavy (non-hydrogen) atoms. The van der Waals surface area contributed by atoms with Crippen molar-refractivity contribution < 1.29 is 18.8 Å². The zero-order valence-corrected chi connectivity index (χ0v) is 15.4. The van der Waals surface area contributed by atoms with E-state index < -0.39 is 5.92 Å². The van der Waals surface area contributed by atoms with Gasteiger partial charge in [-0.05, 0) is 36.4 Å². The Balaban J connectivity index is 1.54. The van der Waals surface area contributed by atoms with Gasteiger partial charge in [0.05, 0.1) is 18.7 Å². The third kappa shape index (κ3) is 4.75. The Hall–Kier alpha value is -3.09. The number of nitrogens with one attached hydrogen (secondary N) is 2. The Bertz CT molecular complexity index is 812. The Morgan fingerprint density at radius 1 is 1.15 bits per heavy atom. The largest absolute Gasteiger partial charge is 0.467 e. The molecular formula is C20H23N3O4. The fourth-order valence-corrected chi connectivity index (χ4v) is 2.86. The van der Waals surface area contributed by atoms with Gasteiger partial charge in [0.25, 0.3) is 0 Å². The lowest BCUT2D eigenvalue weighted by molar-refractivity contribution is -0.128. The molecule has 1 aromatic carbocycles. The number of amides is 3. The van der Waals surface area contributed by atoms with Crippen molar-refractivity contribution in [2.75, 3.05) is 17.2 Å². The molecule has 1 saturated heterocycles. The molecule has 1 fully saturated rings. The van der Waals surface area contributed by atoms with Crippen LogP contribution < -0.4 is 10.6 Å². The van der Waals surface area contributed by atoms with Gasteiger partial charge < -0.3 is 20.0 Å². The minimum atomic E-state index is -0.396. The molecule has 2 heterocycles. The second-order valence-electron chi connectivity index (χ2n) is 6.97. The van der Waals surface area contributed by atoms with Gasteiger partial charge >= 0.3 is 0 Å². The fraction of sp³-hybridized carbons (Fsp3) is 0.350. The first-order chi connectivity index (χ1) is 12.9. The van der Waals surface area contributed by atoms with Crippen molar-refractivity contribution in [3.05, 3.63) is 48.4 Å². The molecule has 1 atom stereocenters. The van der Waals surface area contributed by atoms with E-state index in [0.717, 1.165) is 0 Å². The summed E-state index contributed by atoms with van der Waals surface area (Å²) in [5.41, 5.74) is 1.30. The average molecular weight is 369 g/mol. The molecule has 1 aromatic heterocycles. The summed E-state index contributed by atoms with van der Waals surface area (Å²) < 4.78 is 5.26. The zero-order chi connectivity index (χ0) is 19.4. The second kappa shape index (κ2) is 8.07. The van der Waals surface area contributed by atoms with Crippen LogP contribution in [0.2, 0.25) is 0 Å². The first-order valence-corrected chi connectivity index (χ1v) is 8.94. The number of likely N-dealkylation sites (tertiary alicyclic amines) is 1. The number of nitrogens with zero attached hydrogens (tertiary/aromatic N) is 1. The van der Waals surface area contributed by atoms with Crippen molar-refractivity contribution in [3.8, 4) is 0 Å². The normalized spacial score (nSPS) is 16.6. The standard InChI is InChI=1S/C20H23N3O4/c1-13(2)19(25)21-15-5-7-16(8-6-15)22-20(26)14-10-18(24)23(11-14)12-17-4-3-9-27-17/h3-9,13-14H,10-12H2,1-2H3,(H,21,25)(H,22,26)/t14-/m1/s1. The number of anilines is 2. The first-order valence-electron chi connectivity index (χ1n) is 8.94. The predicted octanol–water partition coefficient (Wildman–Crippen LogP) is 2.86. The molecule has 0 bridgehead atoms. The molecule has 0 spiro atoms. The zero-order valence-electron chi connectivity index (χ0n) is 15.4. The number of carbonyl (C=O) groups is 3. The molecule has 0 aliphatic carbocycles. The van der Waals surface area contributed by atoms with Crippen LogP contribution in [0.4, 0.5) is 11.4 Å². The van der Waals surface area contributed by atoms with E-state index in [1.54, 1.807) is 47.6 Å². The minimum absolute atomic E-state index is 0.0571. The molecule has 0 unspecified atom stereocenters. The van der Waals surface area contributed by atoms with Gasteiger partial charge in [0.2, 0.25) is 17.7 Å². The lowest BCUT2D eigenvalue weighted by Crippen LogP contribution is -2.27. The van der Waals surface area contributed by atoms with Gasteiger partial charge in [-0.1, -0.05) is 13.8 Å². The average Bonchev–Trinajstić information content (AvgIpc) is 3.27. The minimum Gasteiger partial charge on any atom is -0.467 e. The lowest BCUT2D eigenvalue weighted by Gasteiger charge is -2.15. The Morgan fingerprint density at radius 3 is 2.41 bits per heavy atom. The van der Waals surface area contributed by atoms with Crippen LogP contribution in [0.1, 0.15) is 26.0 Å². The van der Waals surface area contributed by atoms with Gasteiger partial charge in [0.1, 0.15) is 5.76 Å². The van der Waals surface area contributed by atoms with Crippen LogP contribution in [-0.4, -0.2) is 29.2 Å². The van der Waals surface area contributed by atoms with E-state index >= 15 is 0 Å². The number of hydrogen-bond donors (Lipinski definition) is 2. The van der Waals surface area contributed by atoms with Crippen LogP contribution in [0.3, 0.4) is 0 Å². The van der Waals surface area contributed by atoms with E-state index in [0.29, 0.717) is 30.2 Å². The van der Waals surface area contributed by atoms with Crippen LogP contribution in [0, 0.1) is 11.8 Å². The monoisotopic (exact) mass is 369 g/mol. The Morgan fingerprint density at radius 2 is 1.81 bits per heavy atom. The summed E-state index contributed by atoms with van der Waals surface area (Å²) in [7, 11) is 0. The molecular weight excluding hydrogens is 346 g/mol. The summed E-state index contributed by atoms with van der Waals surface area (Å²) in [6.45, 7) is 4.39. The molecule has 7 heteroatoms. The van der Waals surface area contributed by atoms with Gasteiger partial charge in [-0.25, -0.2) is 0 Å². The number of benzene rings is 1. The highest BCUT2D eigenvalue weighted by Gasteiger charge is 2.34. The van der Waals surface area contributed by atoms with Crippen LogP contribution in [0.5, 0.6) is 0 Å². The van der Waals surface area contributed by atoms with Gasteiger partial charge in [0.15, 0.2) is 0 Å². The van der Waals surface area contributed by atoms with Gasteiger partial charge in [-0.15, -0.1) is 0 Å². The number of furan rings is 1. The van der Waals surface area contributed by atoms with E-state index in [-0.39, 0.29) is 30.1 Å². The predicted molar refractivity (Wildman–Crippen MR) is 101 cm³/mol. The van der Waals surface area contributed by atoms with Crippen molar-refractivity contribution in [2.24, 2.45) is 11.8 Å². The first kappa shape index (κ1) is 18.7. The van der Waals surface area contributed by atoms with E-state index in [9.17, 15) is 14.4 Å². The highest BCUT2D eigenvalue weighted by atomic mass is 16.3. The SMILES string of the molecule is CC(C)C(=O)Nc1ccc(NC(=O)[C@@H]2CC(=O)N(Cc3ccco3)C2)cc1. The maximum Gasteiger partial charge on any atom is 0.229 e. The maximum atomic E-state index is 12.5. The number of hydrogen-bond acceptors (Lipinski definition) is 4. The lowest BCUT2D eigenvalue weighted by atomic mass is 10.1. The summed E-state index contributed by atoms with van der Waals surface area (Å²) in [6.07, 6.45) is 1.75. The van der Waals surface area contributed by atoms with E-state index in [1.807, 2.05) is 13.8 Å². The molecule has 3 amide bonds. The van der Waals surface area contributed by atoms with E-state index in [4.69, 9.17) is 4.42 Å². The summed E-state index contributed by atoms with van der Waals surface area (Å²) in [5, 5.41) is 5.63. The molecule has 2 aromatic rings. The molecule has 0 saturated carbocycles. The Kier molecular flexibility index (Phi) is 5.59. The maximum absolute atomic E-state index is 12.5. The fourth-order valence-electron chi connectivity index (χ4n) is 2.86.